The number of nitrogens with zero attached hydrogens (tertiary/aromatic N) is 2. The zero-order valence-corrected chi connectivity index (χ0v) is 18.3. The van der Waals surface area contributed by atoms with Crippen LogP contribution >= 0.6 is 0 Å². The lowest BCUT2D eigenvalue weighted by molar-refractivity contribution is -0.138. The Morgan fingerprint density at radius 1 is 1.19 bits per heavy atom. The molecule has 4 rings (SSSR count). The number of hydrazone groups is 1. The van der Waals surface area contributed by atoms with Gasteiger partial charge in [0.25, 0.3) is 5.91 Å². The summed E-state index contributed by atoms with van der Waals surface area (Å²) in [5.41, 5.74) is 4.65. The molecule has 2 aromatic rings. The second-order valence-electron chi connectivity index (χ2n) is 8.49. The lowest BCUT2D eigenvalue weighted by atomic mass is 9.74. The van der Waals surface area contributed by atoms with Crippen molar-refractivity contribution in [3.8, 4) is 0 Å². The number of hydrogen-bond acceptors (Lipinski definition) is 5. The number of morpholine rings is 1. The quantitative estimate of drug-likeness (QED) is 0.675. The van der Waals surface area contributed by atoms with Crippen LogP contribution in [-0.2, 0) is 16.0 Å². The van der Waals surface area contributed by atoms with E-state index in [2.05, 4.69) is 17.3 Å². The largest absolute Gasteiger partial charge is 0.481 e. The van der Waals surface area contributed by atoms with Crippen molar-refractivity contribution < 1.29 is 19.4 Å². The van der Waals surface area contributed by atoms with Crippen LogP contribution in [0.1, 0.15) is 52.7 Å². The fourth-order valence-electron chi connectivity index (χ4n) is 4.43. The molecule has 1 aliphatic carbocycles. The summed E-state index contributed by atoms with van der Waals surface area (Å²) in [5.74, 6) is -0.543. The Morgan fingerprint density at radius 3 is 2.66 bits per heavy atom. The summed E-state index contributed by atoms with van der Waals surface area (Å²) in [6.07, 6.45) is 3.69. The first kappa shape index (κ1) is 22.0. The van der Waals surface area contributed by atoms with E-state index in [0.29, 0.717) is 18.8 Å². The molecular formula is C25H29N3O4. The van der Waals surface area contributed by atoms with Crippen molar-refractivity contribution in [2.24, 2.45) is 11.0 Å². The summed E-state index contributed by atoms with van der Waals surface area (Å²) in [4.78, 5) is 23.8. The number of ether oxygens (including phenoxy) is 1. The van der Waals surface area contributed by atoms with Gasteiger partial charge in [0.15, 0.2) is 0 Å². The van der Waals surface area contributed by atoms with E-state index in [1.165, 1.54) is 11.1 Å². The number of hydrogen-bond donors (Lipinski definition) is 2. The van der Waals surface area contributed by atoms with E-state index in [1.807, 2.05) is 35.3 Å². The first-order valence-electron chi connectivity index (χ1n) is 11.1. The van der Waals surface area contributed by atoms with Crippen LogP contribution in [0.5, 0.6) is 0 Å². The summed E-state index contributed by atoms with van der Waals surface area (Å²) < 4.78 is 5.32. The topological polar surface area (TPSA) is 91.2 Å². The Kier molecular flexibility index (Phi) is 6.85. The molecule has 1 fully saturated rings. The summed E-state index contributed by atoms with van der Waals surface area (Å²) in [5, 5.41) is 18.5. The van der Waals surface area contributed by atoms with E-state index in [-0.39, 0.29) is 24.2 Å². The third-order valence-electron chi connectivity index (χ3n) is 6.35. The third-order valence-corrected chi connectivity index (χ3v) is 6.35. The second-order valence-corrected chi connectivity index (χ2v) is 8.49. The van der Waals surface area contributed by atoms with Gasteiger partial charge in [0.1, 0.15) is 0 Å². The Labute approximate surface area is 188 Å². The van der Waals surface area contributed by atoms with Crippen LogP contribution < -0.4 is 5.32 Å². The SMILES string of the molecule is CC1c2ccc(NC(=O)c3ccc(C=NN4CCOCC4)cc3)cc2CCC1CC(=O)O. The molecule has 7 nitrogen and oxygen atoms in total. The van der Waals surface area contributed by atoms with Crippen LogP contribution in [0.15, 0.2) is 47.6 Å². The van der Waals surface area contributed by atoms with E-state index in [0.717, 1.165) is 37.2 Å². The van der Waals surface area contributed by atoms with Crippen molar-refractivity contribution in [1.29, 1.82) is 0 Å². The molecule has 0 bridgehead atoms. The molecule has 1 heterocycles. The number of carbonyl (C=O) groups excluding carboxylic acids is 1. The highest BCUT2D eigenvalue weighted by molar-refractivity contribution is 6.04. The highest BCUT2D eigenvalue weighted by Crippen LogP contribution is 2.38. The summed E-state index contributed by atoms with van der Waals surface area (Å²) >= 11 is 0. The average Bonchev–Trinajstić information content (AvgIpc) is 2.80. The molecule has 168 valence electrons. The van der Waals surface area contributed by atoms with Crippen molar-refractivity contribution in [2.75, 3.05) is 31.6 Å². The average molecular weight is 436 g/mol. The number of rotatable bonds is 6. The van der Waals surface area contributed by atoms with Crippen molar-refractivity contribution in [2.45, 2.75) is 32.1 Å². The van der Waals surface area contributed by atoms with Crippen LogP contribution in [0, 0.1) is 5.92 Å². The molecule has 32 heavy (non-hydrogen) atoms. The second kappa shape index (κ2) is 9.96. The normalized spacial score (nSPS) is 20.7. The fraction of sp³-hybridized carbons (Fsp3) is 0.400. The van der Waals surface area contributed by atoms with Crippen molar-refractivity contribution in [1.82, 2.24) is 5.01 Å². The molecular weight excluding hydrogens is 406 g/mol. The molecule has 0 saturated carbocycles. The van der Waals surface area contributed by atoms with Crippen LogP contribution in [-0.4, -0.2) is 54.5 Å². The van der Waals surface area contributed by atoms with Crippen molar-refractivity contribution in [3.05, 3.63) is 64.7 Å². The number of nitrogens with one attached hydrogen (secondary N) is 1. The van der Waals surface area contributed by atoms with Crippen LogP contribution in [0.25, 0.3) is 0 Å². The number of fused-ring (bicyclic) bond motifs is 1. The Balaban J connectivity index is 1.38. The van der Waals surface area contributed by atoms with E-state index in [9.17, 15) is 9.59 Å². The molecule has 2 N–H and O–H groups in total. The minimum atomic E-state index is -0.743. The molecule has 1 aliphatic heterocycles. The maximum atomic E-state index is 12.7. The number of aryl methyl sites for hydroxylation is 1. The number of carboxylic acid groups (broad SMARTS) is 1. The molecule has 2 unspecified atom stereocenters. The van der Waals surface area contributed by atoms with E-state index in [4.69, 9.17) is 9.84 Å². The number of carboxylic acids is 1. The minimum Gasteiger partial charge on any atom is -0.481 e. The number of benzene rings is 2. The molecule has 1 amide bonds. The fourth-order valence-corrected chi connectivity index (χ4v) is 4.43. The van der Waals surface area contributed by atoms with E-state index in [1.54, 1.807) is 18.3 Å². The van der Waals surface area contributed by atoms with Crippen LogP contribution in [0.2, 0.25) is 0 Å². The van der Waals surface area contributed by atoms with Gasteiger partial charge < -0.3 is 15.2 Å². The lowest BCUT2D eigenvalue weighted by Crippen LogP contribution is -2.32. The van der Waals surface area contributed by atoms with Gasteiger partial charge in [-0.25, -0.2) is 0 Å². The van der Waals surface area contributed by atoms with Gasteiger partial charge in [0.05, 0.1) is 32.5 Å². The molecule has 2 aromatic carbocycles. The molecule has 0 spiro atoms. The minimum absolute atomic E-state index is 0.158. The molecule has 2 atom stereocenters. The maximum Gasteiger partial charge on any atom is 0.303 e. The molecule has 0 radical (unpaired) electrons. The van der Waals surface area contributed by atoms with Gasteiger partial charge in [-0.15, -0.1) is 0 Å². The zero-order chi connectivity index (χ0) is 22.5. The third kappa shape index (κ3) is 5.34. The number of carbonyl (C=O) groups is 2. The van der Waals surface area contributed by atoms with Gasteiger partial charge >= 0.3 is 5.97 Å². The monoisotopic (exact) mass is 435 g/mol. The van der Waals surface area contributed by atoms with Crippen molar-refractivity contribution in [3.63, 3.8) is 0 Å². The van der Waals surface area contributed by atoms with Gasteiger partial charge in [0.2, 0.25) is 0 Å². The number of amides is 1. The summed E-state index contributed by atoms with van der Waals surface area (Å²) in [6, 6.07) is 13.3. The van der Waals surface area contributed by atoms with E-state index >= 15 is 0 Å². The lowest BCUT2D eigenvalue weighted by Gasteiger charge is -2.30. The number of aliphatic carboxylic acids is 1. The zero-order valence-electron chi connectivity index (χ0n) is 18.3. The number of anilines is 1. The van der Waals surface area contributed by atoms with Gasteiger partial charge in [-0.3, -0.25) is 14.6 Å². The Morgan fingerprint density at radius 2 is 1.94 bits per heavy atom. The van der Waals surface area contributed by atoms with E-state index < -0.39 is 5.97 Å². The van der Waals surface area contributed by atoms with Crippen LogP contribution in [0.4, 0.5) is 5.69 Å². The van der Waals surface area contributed by atoms with Gasteiger partial charge in [-0.1, -0.05) is 25.1 Å². The predicted molar refractivity (Wildman–Crippen MR) is 123 cm³/mol. The molecule has 1 saturated heterocycles. The summed E-state index contributed by atoms with van der Waals surface area (Å²) in [7, 11) is 0. The highest BCUT2D eigenvalue weighted by atomic mass is 16.5. The van der Waals surface area contributed by atoms with Gasteiger partial charge in [-0.2, -0.15) is 5.10 Å². The molecule has 2 aliphatic rings. The predicted octanol–water partition coefficient (Wildman–Crippen LogP) is 3.75. The summed E-state index contributed by atoms with van der Waals surface area (Å²) in [6.45, 7) is 5.06. The Bertz CT molecular complexity index is 997. The smallest absolute Gasteiger partial charge is 0.303 e. The Hall–Kier alpha value is -3.19. The van der Waals surface area contributed by atoms with Gasteiger partial charge in [0, 0.05) is 17.7 Å². The first-order chi connectivity index (χ1) is 15.5. The van der Waals surface area contributed by atoms with Crippen molar-refractivity contribution >= 4 is 23.8 Å². The molecule has 0 aromatic heterocycles. The highest BCUT2D eigenvalue weighted by Gasteiger charge is 2.28. The molecule has 7 heteroatoms. The van der Waals surface area contributed by atoms with Gasteiger partial charge in [-0.05, 0) is 65.6 Å². The maximum absolute atomic E-state index is 12.7. The first-order valence-corrected chi connectivity index (χ1v) is 11.1. The van der Waals surface area contributed by atoms with Crippen LogP contribution in [0.3, 0.4) is 0 Å². The standard InChI is InChI=1S/C25H29N3O4/c1-17-20(15-24(29)30)6-7-21-14-22(8-9-23(17)21)27-25(31)19-4-2-18(3-5-19)16-26-28-10-12-32-13-11-28/h2-5,8-9,14,16-17,20H,6-7,10-13,15H2,1H3,(H,27,31)(H,29,30).